The second kappa shape index (κ2) is 7.83. The van der Waals surface area contributed by atoms with Gasteiger partial charge in [0.05, 0.1) is 14.2 Å². The first kappa shape index (κ1) is 18.3. The van der Waals surface area contributed by atoms with Crippen molar-refractivity contribution in [2.24, 2.45) is 0 Å². The number of carbonyl (C=O) groups is 1. The van der Waals surface area contributed by atoms with Gasteiger partial charge in [-0.1, -0.05) is 18.2 Å². The molecule has 0 aliphatic carbocycles. The summed E-state index contributed by atoms with van der Waals surface area (Å²) in [6.07, 6.45) is 2.50. The summed E-state index contributed by atoms with van der Waals surface area (Å²) in [4.78, 5) is 14.6. The van der Waals surface area contributed by atoms with Crippen molar-refractivity contribution < 1.29 is 14.3 Å². The number of anilines is 2. The van der Waals surface area contributed by atoms with Crippen LogP contribution in [0.2, 0.25) is 0 Å². The summed E-state index contributed by atoms with van der Waals surface area (Å²) < 4.78 is 10.4. The number of carbonyl (C=O) groups excluding carboxylic acids is 1. The van der Waals surface area contributed by atoms with E-state index in [9.17, 15) is 10.1 Å². The van der Waals surface area contributed by atoms with E-state index in [0.717, 1.165) is 12.1 Å². The monoisotopic (exact) mass is 363 g/mol. The number of rotatable bonds is 5. The van der Waals surface area contributed by atoms with Crippen molar-refractivity contribution in [1.82, 2.24) is 0 Å². The molecule has 27 heavy (non-hydrogen) atoms. The second-order valence-corrected chi connectivity index (χ2v) is 6.27. The molecule has 0 spiro atoms. The lowest BCUT2D eigenvalue weighted by Gasteiger charge is -2.20. The van der Waals surface area contributed by atoms with Gasteiger partial charge in [-0.25, -0.2) is 0 Å². The zero-order valence-electron chi connectivity index (χ0n) is 15.5. The number of amides is 1. The van der Waals surface area contributed by atoms with Crippen molar-refractivity contribution in [3.05, 3.63) is 59.8 Å². The van der Waals surface area contributed by atoms with Crippen LogP contribution < -0.4 is 19.7 Å². The lowest BCUT2D eigenvalue weighted by molar-refractivity contribution is -0.112. The molecule has 2 aromatic rings. The Kier molecular flexibility index (Phi) is 5.32. The third-order valence-electron chi connectivity index (χ3n) is 4.53. The molecule has 1 N–H and O–H groups in total. The molecule has 1 aliphatic rings. The van der Waals surface area contributed by atoms with Gasteiger partial charge >= 0.3 is 0 Å². The molecule has 0 radical (unpaired) electrons. The van der Waals surface area contributed by atoms with Gasteiger partial charge < -0.3 is 19.7 Å². The van der Waals surface area contributed by atoms with E-state index in [4.69, 9.17) is 9.47 Å². The SMILES string of the molecule is COc1ccc(NC(=O)/C(C#N)=C\N2c3ccccc3CC2C)cc1OC. The number of nitrogens with zero attached hydrogens (tertiary/aromatic N) is 2. The molecule has 1 atom stereocenters. The normalized spacial score (nSPS) is 15.7. The fraction of sp³-hybridized carbons (Fsp3) is 0.238. The number of methoxy groups -OCH3 is 2. The first-order chi connectivity index (χ1) is 13.1. The second-order valence-electron chi connectivity index (χ2n) is 6.27. The van der Waals surface area contributed by atoms with Crippen LogP contribution in [0.15, 0.2) is 54.2 Å². The molecule has 6 nitrogen and oxygen atoms in total. The summed E-state index contributed by atoms with van der Waals surface area (Å²) >= 11 is 0. The van der Waals surface area contributed by atoms with Gasteiger partial charge in [0.1, 0.15) is 11.6 Å². The minimum Gasteiger partial charge on any atom is -0.493 e. The molecule has 0 fully saturated rings. The van der Waals surface area contributed by atoms with Gasteiger partial charge in [-0.05, 0) is 37.1 Å². The summed E-state index contributed by atoms with van der Waals surface area (Å²) in [7, 11) is 3.07. The van der Waals surface area contributed by atoms with E-state index < -0.39 is 5.91 Å². The van der Waals surface area contributed by atoms with Crippen molar-refractivity contribution in [2.75, 3.05) is 24.4 Å². The standard InChI is InChI=1S/C21H21N3O3/c1-14-10-15-6-4-5-7-18(15)24(14)13-16(12-22)21(25)23-17-8-9-19(26-2)20(11-17)27-3/h4-9,11,13-14H,10H2,1-3H3,(H,23,25)/b16-13-. The lowest BCUT2D eigenvalue weighted by Crippen LogP contribution is -2.25. The summed E-state index contributed by atoms with van der Waals surface area (Å²) in [5.74, 6) is 0.593. The number of nitrogens with one attached hydrogen (secondary N) is 1. The van der Waals surface area contributed by atoms with Crippen molar-refractivity contribution in [3.63, 3.8) is 0 Å². The minimum absolute atomic E-state index is 0.0355. The van der Waals surface area contributed by atoms with Gasteiger partial charge in [0, 0.05) is 29.7 Å². The molecule has 3 rings (SSSR count). The fourth-order valence-corrected chi connectivity index (χ4v) is 3.18. The van der Waals surface area contributed by atoms with Gasteiger partial charge in [-0.15, -0.1) is 0 Å². The van der Waals surface area contributed by atoms with Gasteiger partial charge in [0.2, 0.25) is 0 Å². The molecule has 1 aliphatic heterocycles. The number of fused-ring (bicyclic) bond motifs is 1. The molecule has 1 amide bonds. The number of para-hydroxylation sites is 1. The Hall–Kier alpha value is -3.46. The molecule has 0 bridgehead atoms. The Labute approximate surface area is 158 Å². The number of benzene rings is 2. The van der Waals surface area contributed by atoms with E-state index in [1.807, 2.05) is 29.2 Å². The van der Waals surface area contributed by atoms with E-state index in [1.54, 1.807) is 31.5 Å². The molecular formula is C21H21N3O3. The Bertz CT molecular complexity index is 931. The van der Waals surface area contributed by atoms with E-state index in [0.29, 0.717) is 17.2 Å². The van der Waals surface area contributed by atoms with Crippen LogP contribution in [0.5, 0.6) is 11.5 Å². The molecular weight excluding hydrogens is 342 g/mol. The first-order valence-corrected chi connectivity index (χ1v) is 8.59. The fourth-order valence-electron chi connectivity index (χ4n) is 3.18. The summed E-state index contributed by atoms with van der Waals surface area (Å²) in [5, 5.41) is 12.2. The average molecular weight is 363 g/mol. The average Bonchev–Trinajstić information content (AvgIpc) is 3.00. The summed E-state index contributed by atoms with van der Waals surface area (Å²) in [5.41, 5.74) is 2.79. The molecule has 1 heterocycles. The van der Waals surface area contributed by atoms with E-state index in [2.05, 4.69) is 18.3 Å². The maximum Gasteiger partial charge on any atom is 0.267 e. The third kappa shape index (κ3) is 3.72. The van der Waals surface area contributed by atoms with Gasteiger partial charge in [-0.2, -0.15) is 5.26 Å². The Morgan fingerprint density at radius 2 is 1.96 bits per heavy atom. The topological polar surface area (TPSA) is 74.6 Å². The molecule has 0 aromatic heterocycles. The lowest BCUT2D eigenvalue weighted by atomic mass is 10.1. The van der Waals surface area contributed by atoms with E-state index in [-0.39, 0.29) is 11.6 Å². The predicted octanol–water partition coefficient (Wildman–Crippen LogP) is 3.50. The highest BCUT2D eigenvalue weighted by atomic mass is 16.5. The molecule has 6 heteroatoms. The number of hydrogen-bond donors (Lipinski definition) is 1. The molecule has 2 aromatic carbocycles. The molecule has 1 unspecified atom stereocenters. The van der Waals surface area contributed by atoms with Gasteiger partial charge in [0.25, 0.3) is 5.91 Å². The third-order valence-corrected chi connectivity index (χ3v) is 4.53. The first-order valence-electron chi connectivity index (χ1n) is 8.59. The van der Waals surface area contributed by atoms with Crippen LogP contribution in [-0.2, 0) is 11.2 Å². The Morgan fingerprint density at radius 1 is 1.22 bits per heavy atom. The molecule has 0 saturated carbocycles. The van der Waals surface area contributed by atoms with Crippen molar-refractivity contribution in [2.45, 2.75) is 19.4 Å². The van der Waals surface area contributed by atoms with Crippen molar-refractivity contribution in [3.8, 4) is 17.6 Å². The maximum absolute atomic E-state index is 12.6. The quantitative estimate of drug-likeness (QED) is 0.650. The molecule has 138 valence electrons. The minimum atomic E-state index is -0.471. The van der Waals surface area contributed by atoms with Crippen LogP contribution in [0.3, 0.4) is 0 Å². The van der Waals surface area contributed by atoms with E-state index in [1.165, 1.54) is 12.7 Å². The summed E-state index contributed by atoms with van der Waals surface area (Å²) in [6, 6.07) is 15.2. The van der Waals surface area contributed by atoms with E-state index >= 15 is 0 Å². The zero-order chi connectivity index (χ0) is 19.4. The number of hydrogen-bond acceptors (Lipinski definition) is 5. The van der Waals surface area contributed by atoms with Gasteiger partial charge in [-0.3, -0.25) is 4.79 Å². The van der Waals surface area contributed by atoms with Crippen LogP contribution in [0.4, 0.5) is 11.4 Å². The van der Waals surface area contributed by atoms with Crippen molar-refractivity contribution >= 4 is 17.3 Å². The van der Waals surface area contributed by atoms with Gasteiger partial charge in [0.15, 0.2) is 11.5 Å². The Balaban J connectivity index is 1.83. The number of nitriles is 1. The molecule has 0 saturated heterocycles. The van der Waals surface area contributed by atoms with Crippen LogP contribution in [0.1, 0.15) is 12.5 Å². The smallest absolute Gasteiger partial charge is 0.267 e. The Morgan fingerprint density at radius 3 is 2.67 bits per heavy atom. The van der Waals surface area contributed by atoms with Crippen molar-refractivity contribution in [1.29, 1.82) is 5.26 Å². The maximum atomic E-state index is 12.6. The predicted molar refractivity (Wildman–Crippen MR) is 104 cm³/mol. The number of ether oxygens (including phenoxy) is 2. The van der Waals surface area contributed by atoms with Crippen LogP contribution in [-0.4, -0.2) is 26.2 Å². The van der Waals surface area contributed by atoms with Crippen LogP contribution in [0.25, 0.3) is 0 Å². The highest BCUT2D eigenvalue weighted by molar-refractivity contribution is 6.07. The highest BCUT2D eigenvalue weighted by Crippen LogP contribution is 2.33. The zero-order valence-corrected chi connectivity index (χ0v) is 15.5. The van der Waals surface area contributed by atoms with Crippen LogP contribution in [0, 0.1) is 11.3 Å². The highest BCUT2D eigenvalue weighted by Gasteiger charge is 2.25. The summed E-state index contributed by atoms with van der Waals surface area (Å²) in [6.45, 7) is 2.07. The van der Waals surface area contributed by atoms with Crippen LogP contribution >= 0.6 is 0 Å². The largest absolute Gasteiger partial charge is 0.493 e.